The van der Waals surface area contributed by atoms with Crippen LogP contribution >= 0.6 is 0 Å². The number of fused-ring (bicyclic) bond motifs is 1. The first-order chi connectivity index (χ1) is 22.0. The Morgan fingerprint density at radius 3 is 2.29 bits per heavy atom. The maximum Gasteiger partial charge on any atom is 0.247 e. The van der Waals surface area contributed by atoms with E-state index in [1.807, 2.05) is 90.7 Å². The summed E-state index contributed by atoms with van der Waals surface area (Å²) >= 11 is 0. The van der Waals surface area contributed by atoms with Gasteiger partial charge < -0.3 is 9.80 Å². The predicted octanol–water partition coefficient (Wildman–Crippen LogP) is 6.09. The highest BCUT2D eigenvalue weighted by Gasteiger charge is 2.34. The van der Waals surface area contributed by atoms with Gasteiger partial charge in [0.1, 0.15) is 6.04 Å². The number of pyridine rings is 1. The summed E-state index contributed by atoms with van der Waals surface area (Å²) in [6.07, 6.45) is 9.63. The molecule has 0 unspecified atom stereocenters. The zero-order chi connectivity index (χ0) is 31.0. The van der Waals surface area contributed by atoms with Gasteiger partial charge in [-0.1, -0.05) is 84.9 Å². The second-order valence-electron chi connectivity index (χ2n) is 11.3. The van der Waals surface area contributed by atoms with Crippen LogP contribution < -0.4 is 0 Å². The van der Waals surface area contributed by atoms with Crippen LogP contribution in [0.4, 0.5) is 0 Å². The van der Waals surface area contributed by atoms with Gasteiger partial charge in [-0.05, 0) is 59.4 Å². The normalized spacial score (nSPS) is 13.3. The number of aromatic nitrogens is 3. The molecule has 1 aliphatic heterocycles. The fourth-order valence-electron chi connectivity index (χ4n) is 5.64. The number of hydrogen-bond donors (Lipinski definition) is 0. The number of amides is 2. The fourth-order valence-corrected chi connectivity index (χ4v) is 5.64. The second kappa shape index (κ2) is 13.9. The first kappa shape index (κ1) is 29.6. The largest absolute Gasteiger partial charge is 0.336 e. The monoisotopic (exact) mass is 593 g/mol. The minimum absolute atomic E-state index is 0.0575. The molecule has 0 bridgehead atoms. The molecule has 224 valence electrons. The zero-order valence-corrected chi connectivity index (χ0v) is 25.3. The van der Waals surface area contributed by atoms with Crippen LogP contribution in [0.2, 0.25) is 0 Å². The Labute approximate surface area is 263 Å². The molecule has 0 saturated heterocycles. The number of nitrogens with zero attached hydrogens (tertiary/aromatic N) is 5. The van der Waals surface area contributed by atoms with Crippen molar-refractivity contribution >= 4 is 17.9 Å². The zero-order valence-electron chi connectivity index (χ0n) is 25.3. The molecule has 0 radical (unpaired) electrons. The van der Waals surface area contributed by atoms with Gasteiger partial charge in [0.05, 0.1) is 5.69 Å². The summed E-state index contributed by atoms with van der Waals surface area (Å²) in [7, 11) is 0. The smallest absolute Gasteiger partial charge is 0.247 e. The van der Waals surface area contributed by atoms with E-state index >= 15 is 0 Å². The van der Waals surface area contributed by atoms with E-state index in [1.54, 1.807) is 35.6 Å². The van der Waals surface area contributed by atoms with E-state index < -0.39 is 6.04 Å². The molecule has 2 amide bonds. The van der Waals surface area contributed by atoms with Crippen LogP contribution in [0.25, 0.3) is 17.5 Å². The Bertz CT molecular complexity index is 1770. The third-order valence-corrected chi connectivity index (χ3v) is 8.12. The third-order valence-electron chi connectivity index (χ3n) is 8.12. The Kier molecular flexibility index (Phi) is 9.16. The number of rotatable bonds is 9. The Balaban J connectivity index is 1.34. The summed E-state index contributed by atoms with van der Waals surface area (Å²) < 4.78 is 0. The molecule has 3 heterocycles. The van der Waals surface area contributed by atoms with Gasteiger partial charge in [-0.15, -0.1) is 0 Å². The molecule has 7 nitrogen and oxygen atoms in total. The van der Waals surface area contributed by atoms with Gasteiger partial charge in [0.2, 0.25) is 11.8 Å². The molecular formula is C38H35N5O2. The molecule has 45 heavy (non-hydrogen) atoms. The maximum absolute atomic E-state index is 14.5. The molecule has 6 rings (SSSR count). The van der Waals surface area contributed by atoms with Crippen molar-refractivity contribution < 1.29 is 9.59 Å². The highest BCUT2D eigenvalue weighted by molar-refractivity contribution is 5.95. The molecule has 7 heteroatoms. The van der Waals surface area contributed by atoms with E-state index in [1.165, 1.54) is 11.6 Å². The molecule has 3 aromatic carbocycles. The lowest BCUT2D eigenvalue weighted by Gasteiger charge is -2.37. The third kappa shape index (κ3) is 7.39. The molecular weight excluding hydrogens is 558 g/mol. The molecule has 0 saturated carbocycles. The van der Waals surface area contributed by atoms with Gasteiger partial charge in [0, 0.05) is 56.3 Å². The van der Waals surface area contributed by atoms with E-state index in [9.17, 15) is 9.59 Å². The quantitative estimate of drug-likeness (QED) is 0.194. The summed E-state index contributed by atoms with van der Waals surface area (Å²) in [6.45, 7) is 3.37. The number of carbonyl (C=O) groups is 2. The average Bonchev–Trinajstić information content (AvgIpc) is 3.10. The number of carbonyl (C=O) groups excluding carboxylic acids is 2. The number of aryl methyl sites for hydroxylation is 1. The highest BCUT2D eigenvalue weighted by Crippen LogP contribution is 2.24. The molecule has 0 spiro atoms. The first-order valence-electron chi connectivity index (χ1n) is 15.2. The standard InChI is InChI=1S/C38H35N5O2/c1-28-12-17-34(41-25-28)18-19-36(44)43(26-30-13-15-32(16-14-30)37-39-21-7-22-40-37)35(24-29-8-3-2-4-9-29)38(45)42-23-20-31-10-5-6-11-33(31)27-42/h2-19,21-22,25,35H,20,23-24,26-27H2,1H3/t35-/m0/s1. The van der Waals surface area contributed by atoms with Crippen LogP contribution in [0.3, 0.4) is 0 Å². The van der Waals surface area contributed by atoms with E-state index in [0.29, 0.717) is 31.0 Å². The van der Waals surface area contributed by atoms with Crippen molar-refractivity contribution in [2.45, 2.75) is 38.9 Å². The average molecular weight is 594 g/mol. The van der Waals surface area contributed by atoms with Gasteiger partial charge in [0.25, 0.3) is 0 Å². The van der Waals surface area contributed by atoms with Gasteiger partial charge in [-0.25, -0.2) is 9.97 Å². The van der Waals surface area contributed by atoms with E-state index in [2.05, 4.69) is 27.1 Å². The fraction of sp³-hybridized carbons (Fsp3) is 0.184. The van der Waals surface area contributed by atoms with Crippen molar-refractivity contribution in [1.82, 2.24) is 24.8 Å². The van der Waals surface area contributed by atoms with Crippen molar-refractivity contribution in [3.05, 3.63) is 155 Å². The van der Waals surface area contributed by atoms with Gasteiger partial charge >= 0.3 is 0 Å². The maximum atomic E-state index is 14.5. The minimum atomic E-state index is -0.710. The number of benzene rings is 3. The first-order valence-corrected chi connectivity index (χ1v) is 15.2. The van der Waals surface area contributed by atoms with Gasteiger partial charge in [-0.2, -0.15) is 0 Å². The summed E-state index contributed by atoms with van der Waals surface area (Å²) in [4.78, 5) is 45.3. The summed E-state index contributed by atoms with van der Waals surface area (Å²) in [5.74, 6) is 0.324. The SMILES string of the molecule is Cc1ccc(C=CC(=O)N(Cc2ccc(-c3ncccn3)cc2)[C@@H](Cc2ccccc2)C(=O)N2CCc3ccccc3C2)nc1. The van der Waals surface area contributed by atoms with Crippen LogP contribution in [0.5, 0.6) is 0 Å². The van der Waals surface area contributed by atoms with Crippen LogP contribution in [-0.4, -0.2) is 49.2 Å². The van der Waals surface area contributed by atoms with Crippen LogP contribution in [-0.2, 0) is 35.5 Å². The highest BCUT2D eigenvalue weighted by atomic mass is 16.2. The molecule has 0 aliphatic carbocycles. The number of hydrogen-bond acceptors (Lipinski definition) is 5. The predicted molar refractivity (Wildman–Crippen MR) is 176 cm³/mol. The second-order valence-corrected chi connectivity index (χ2v) is 11.3. The summed E-state index contributed by atoms with van der Waals surface area (Å²) in [5, 5.41) is 0. The van der Waals surface area contributed by atoms with Gasteiger partial charge in [0.15, 0.2) is 5.82 Å². The van der Waals surface area contributed by atoms with Crippen molar-refractivity contribution in [1.29, 1.82) is 0 Å². The van der Waals surface area contributed by atoms with E-state index in [4.69, 9.17) is 0 Å². The Hall–Kier alpha value is -5.43. The van der Waals surface area contributed by atoms with Crippen molar-refractivity contribution in [2.24, 2.45) is 0 Å². The van der Waals surface area contributed by atoms with Gasteiger partial charge in [-0.3, -0.25) is 14.6 Å². The molecule has 0 N–H and O–H groups in total. The van der Waals surface area contributed by atoms with Crippen molar-refractivity contribution in [3.63, 3.8) is 0 Å². The lowest BCUT2D eigenvalue weighted by molar-refractivity contribution is -0.144. The minimum Gasteiger partial charge on any atom is -0.336 e. The lowest BCUT2D eigenvalue weighted by atomic mass is 9.97. The topological polar surface area (TPSA) is 79.3 Å². The van der Waals surface area contributed by atoms with Crippen LogP contribution in [0, 0.1) is 6.92 Å². The van der Waals surface area contributed by atoms with Crippen LogP contribution in [0.1, 0.15) is 33.5 Å². The summed E-state index contributed by atoms with van der Waals surface area (Å²) in [5.41, 5.74) is 6.92. The Morgan fingerprint density at radius 1 is 0.822 bits per heavy atom. The summed E-state index contributed by atoms with van der Waals surface area (Å²) in [6, 6.07) is 30.9. The molecule has 1 aliphatic rings. The molecule has 0 fully saturated rings. The van der Waals surface area contributed by atoms with E-state index in [-0.39, 0.29) is 18.4 Å². The van der Waals surface area contributed by atoms with E-state index in [0.717, 1.165) is 34.2 Å². The lowest BCUT2D eigenvalue weighted by Crippen LogP contribution is -2.52. The van der Waals surface area contributed by atoms with Crippen molar-refractivity contribution in [3.8, 4) is 11.4 Å². The van der Waals surface area contributed by atoms with Crippen molar-refractivity contribution in [2.75, 3.05) is 6.54 Å². The molecule has 2 aromatic heterocycles. The molecule has 5 aromatic rings. The van der Waals surface area contributed by atoms with Crippen LogP contribution in [0.15, 0.2) is 122 Å². The molecule has 1 atom stereocenters. The Morgan fingerprint density at radius 2 is 1.56 bits per heavy atom.